The molecule has 12 heteroatoms. The largest absolute Gasteiger partial charge is 0.443 e. The summed E-state index contributed by atoms with van der Waals surface area (Å²) in [6.45, 7) is 6.66. The lowest BCUT2D eigenvalue weighted by molar-refractivity contribution is -0.137. The number of hydrogen-bond donors (Lipinski definition) is 0. The fourth-order valence-electron chi connectivity index (χ4n) is 5.37. The summed E-state index contributed by atoms with van der Waals surface area (Å²) >= 11 is 6.34. The molecule has 0 aromatic heterocycles. The van der Waals surface area contributed by atoms with E-state index in [1.54, 1.807) is 50.7 Å². The van der Waals surface area contributed by atoms with Crippen LogP contribution < -0.4 is 9.64 Å². The van der Waals surface area contributed by atoms with Gasteiger partial charge in [-0.1, -0.05) is 30.7 Å². The molecule has 1 atom stereocenters. The van der Waals surface area contributed by atoms with Crippen LogP contribution in [0, 0.1) is 0 Å². The summed E-state index contributed by atoms with van der Waals surface area (Å²) < 4.78 is 11.5. The summed E-state index contributed by atoms with van der Waals surface area (Å²) in [7, 11) is 3.28. The Labute approximate surface area is 268 Å². The van der Waals surface area contributed by atoms with Gasteiger partial charge in [-0.25, -0.2) is 9.59 Å². The first-order valence-corrected chi connectivity index (χ1v) is 15.7. The first-order chi connectivity index (χ1) is 21.3. The minimum Gasteiger partial charge on any atom is -0.443 e. The number of hydrogen-bond acceptors (Lipinski definition) is 7. The lowest BCUT2D eigenvalue weighted by Crippen LogP contribution is -2.38. The average molecular weight is 641 g/mol. The van der Waals surface area contributed by atoms with Crippen molar-refractivity contribution < 1.29 is 33.4 Å². The number of nitrogens with zero attached hydrogens (tertiary/aromatic N) is 4. The number of anilines is 1. The monoisotopic (exact) mass is 640 g/mol. The van der Waals surface area contributed by atoms with Crippen molar-refractivity contribution in [1.82, 2.24) is 14.7 Å². The van der Waals surface area contributed by atoms with Gasteiger partial charge in [0.1, 0.15) is 11.4 Å². The minimum atomic E-state index is -0.686. The Morgan fingerprint density at radius 2 is 1.60 bits per heavy atom. The Kier molecular flexibility index (Phi) is 10.7. The van der Waals surface area contributed by atoms with Crippen molar-refractivity contribution in [1.29, 1.82) is 0 Å². The van der Waals surface area contributed by atoms with E-state index < -0.39 is 17.8 Å². The van der Waals surface area contributed by atoms with Gasteiger partial charge in [-0.05, 0) is 44.6 Å². The fraction of sp³-hybridized carbons (Fsp3) is 0.485. The van der Waals surface area contributed by atoms with Crippen LogP contribution in [-0.2, 0) is 19.1 Å². The molecule has 2 aromatic rings. The highest BCUT2D eigenvalue weighted by Gasteiger charge is 2.37. The summed E-state index contributed by atoms with van der Waals surface area (Å²) in [5.74, 6) is -0.163. The molecule has 0 fully saturated rings. The minimum absolute atomic E-state index is 0.0625. The molecule has 0 aliphatic carbocycles. The van der Waals surface area contributed by atoms with Crippen LogP contribution in [0.15, 0.2) is 42.5 Å². The number of amides is 5. The Balaban J connectivity index is 1.34. The van der Waals surface area contributed by atoms with Crippen LogP contribution in [0.5, 0.6) is 5.75 Å². The van der Waals surface area contributed by atoms with E-state index in [0.29, 0.717) is 62.6 Å². The standard InChI is InChI=1S/C33H41ClN4O7/c1-33(2,3)45-32(43)38-21-22(20-34)30-24-12-9-8-11-23(24)26(19-25(30)38)44-31(42)36(5)18-17-35(4)27(39)13-7-6-10-16-37-28(40)14-15-29(37)41/h8-9,11-12,14-15,19,22H,6-7,10,13,16-18,20-21H2,1-5H3. The van der Waals surface area contributed by atoms with Crippen LogP contribution in [0.1, 0.15) is 57.9 Å². The maximum atomic E-state index is 13.2. The molecule has 2 heterocycles. The summed E-state index contributed by atoms with van der Waals surface area (Å²) in [5, 5.41) is 1.57. The number of benzene rings is 2. The van der Waals surface area contributed by atoms with Gasteiger partial charge in [-0.2, -0.15) is 0 Å². The molecule has 2 aliphatic rings. The van der Waals surface area contributed by atoms with Crippen LogP contribution in [-0.4, -0.2) is 96.4 Å². The van der Waals surface area contributed by atoms with Crippen molar-refractivity contribution in [3.05, 3.63) is 48.0 Å². The van der Waals surface area contributed by atoms with E-state index in [4.69, 9.17) is 21.1 Å². The van der Waals surface area contributed by atoms with Crippen molar-refractivity contribution in [2.75, 3.05) is 51.1 Å². The van der Waals surface area contributed by atoms with Gasteiger partial charge in [-0.3, -0.25) is 24.2 Å². The second kappa shape index (κ2) is 14.3. The zero-order valence-electron chi connectivity index (χ0n) is 26.5. The van der Waals surface area contributed by atoms with Crippen molar-refractivity contribution >= 4 is 58.0 Å². The second-order valence-electron chi connectivity index (χ2n) is 12.4. The number of ether oxygens (including phenoxy) is 2. The average Bonchev–Trinajstić information content (AvgIpc) is 3.53. The Bertz CT molecular complexity index is 1480. The van der Waals surface area contributed by atoms with Gasteiger partial charge in [0.2, 0.25) is 5.91 Å². The number of carbonyl (C=O) groups is 5. The quantitative estimate of drug-likeness (QED) is 0.186. The molecule has 0 N–H and O–H groups in total. The lowest BCUT2D eigenvalue weighted by atomic mass is 9.95. The van der Waals surface area contributed by atoms with Gasteiger partial charge in [-0.15, -0.1) is 11.6 Å². The number of imide groups is 1. The van der Waals surface area contributed by atoms with Crippen LogP contribution in [0.4, 0.5) is 15.3 Å². The SMILES string of the molecule is CN(CCN(C)C(=O)Oc1cc2c(c3ccccc13)C(CCl)CN2C(=O)OC(C)(C)C)C(=O)CCCCCN1C(=O)C=CC1=O. The third-order valence-corrected chi connectivity index (χ3v) is 8.18. The van der Waals surface area contributed by atoms with Crippen LogP contribution in [0.3, 0.4) is 0 Å². The van der Waals surface area contributed by atoms with Crippen molar-refractivity contribution in [2.45, 2.75) is 58.0 Å². The predicted octanol–water partition coefficient (Wildman–Crippen LogP) is 5.29. The Morgan fingerprint density at radius 1 is 0.956 bits per heavy atom. The number of unbranched alkanes of at least 4 members (excludes halogenated alkanes) is 2. The van der Waals surface area contributed by atoms with Gasteiger partial charge in [0.15, 0.2) is 0 Å². The molecule has 2 aliphatic heterocycles. The molecule has 0 saturated heterocycles. The van der Waals surface area contributed by atoms with E-state index in [2.05, 4.69) is 0 Å². The first kappa shape index (κ1) is 33.8. The van der Waals surface area contributed by atoms with Crippen molar-refractivity contribution in [2.24, 2.45) is 0 Å². The molecule has 1 unspecified atom stereocenters. The van der Waals surface area contributed by atoms with Gasteiger partial charge in [0.25, 0.3) is 11.8 Å². The number of alkyl halides is 1. The molecule has 11 nitrogen and oxygen atoms in total. The van der Waals surface area contributed by atoms with Crippen LogP contribution in [0.25, 0.3) is 10.8 Å². The highest BCUT2D eigenvalue weighted by molar-refractivity contribution is 6.19. The summed E-state index contributed by atoms with van der Waals surface area (Å²) in [4.78, 5) is 67.9. The molecule has 5 amide bonds. The number of rotatable bonds is 11. The van der Waals surface area contributed by atoms with E-state index in [9.17, 15) is 24.0 Å². The fourth-order valence-corrected chi connectivity index (χ4v) is 5.62. The molecule has 2 aromatic carbocycles. The summed E-state index contributed by atoms with van der Waals surface area (Å²) in [5.41, 5.74) is 0.822. The molecule has 45 heavy (non-hydrogen) atoms. The molecular formula is C33H41ClN4O7. The third-order valence-electron chi connectivity index (χ3n) is 7.81. The van der Waals surface area contributed by atoms with Gasteiger partial charge < -0.3 is 19.3 Å². The summed E-state index contributed by atoms with van der Waals surface area (Å²) in [6.07, 6.45) is 3.71. The molecule has 0 spiro atoms. The first-order valence-electron chi connectivity index (χ1n) is 15.1. The normalized spacial score (nSPS) is 15.9. The van der Waals surface area contributed by atoms with E-state index >= 15 is 0 Å². The lowest BCUT2D eigenvalue weighted by Gasteiger charge is -2.25. The number of carbonyl (C=O) groups excluding carboxylic acids is 5. The van der Waals surface area contributed by atoms with E-state index in [0.717, 1.165) is 16.3 Å². The highest BCUT2D eigenvalue weighted by atomic mass is 35.5. The van der Waals surface area contributed by atoms with Crippen LogP contribution >= 0.6 is 11.6 Å². The van der Waals surface area contributed by atoms with Gasteiger partial charge in [0, 0.05) is 82.1 Å². The summed E-state index contributed by atoms with van der Waals surface area (Å²) in [6, 6.07) is 9.23. The van der Waals surface area contributed by atoms with E-state index in [1.165, 1.54) is 22.0 Å². The molecular weight excluding hydrogens is 600 g/mol. The molecule has 0 saturated carbocycles. The van der Waals surface area contributed by atoms with E-state index in [-0.39, 0.29) is 30.2 Å². The van der Waals surface area contributed by atoms with Crippen LogP contribution in [0.2, 0.25) is 0 Å². The molecule has 4 rings (SSSR count). The Morgan fingerprint density at radius 3 is 2.24 bits per heavy atom. The van der Waals surface area contributed by atoms with Gasteiger partial charge >= 0.3 is 12.2 Å². The van der Waals surface area contributed by atoms with Crippen molar-refractivity contribution in [3.8, 4) is 5.75 Å². The van der Waals surface area contributed by atoms with Gasteiger partial charge in [0.05, 0.1) is 5.69 Å². The molecule has 242 valence electrons. The number of halogens is 1. The maximum Gasteiger partial charge on any atom is 0.415 e. The van der Waals surface area contributed by atoms with Crippen molar-refractivity contribution in [3.63, 3.8) is 0 Å². The molecule has 0 radical (unpaired) electrons. The Hall–Kier alpha value is -4.12. The zero-order valence-corrected chi connectivity index (χ0v) is 27.3. The number of fused-ring (bicyclic) bond motifs is 3. The predicted molar refractivity (Wildman–Crippen MR) is 172 cm³/mol. The zero-order chi connectivity index (χ0) is 32.9. The number of likely N-dealkylation sites (N-methyl/N-ethyl adjacent to an activating group) is 2. The maximum absolute atomic E-state index is 13.2. The second-order valence-corrected chi connectivity index (χ2v) is 12.7. The third kappa shape index (κ3) is 8.13. The smallest absolute Gasteiger partial charge is 0.415 e. The molecule has 0 bridgehead atoms. The van der Waals surface area contributed by atoms with E-state index in [1.807, 2.05) is 24.3 Å². The highest BCUT2D eigenvalue weighted by Crippen LogP contribution is 2.46. The topological polar surface area (TPSA) is 117 Å².